The number of hydrogen-bond acceptors (Lipinski definition) is 2. The molecular weight excluding hydrogens is 248 g/mol. The lowest BCUT2D eigenvalue weighted by molar-refractivity contribution is 0.112. The molecule has 0 radical (unpaired) electrons. The summed E-state index contributed by atoms with van der Waals surface area (Å²) in [6.07, 6.45) is 0.819. The second-order valence-electron chi connectivity index (χ2n) is 3.99. The molecule has 0 atom stereocenters. The second kappa shape index (κ2) is 4.27. The number of carbonyl (C=O) groups is 1. The number of fused-ring (bicyclic) bond motifs is 1. The van der Waals surface area contributed by atoms with E-state index < -0.39 is 0 Å². The van der Waals surface area contributed by atoms with Crippen LogP contribution in [-0.4, -0.2) is 16.3 Å². The Morgan fingerprint density at radius 3 is 2.83 bits per heavy atom. The van der Waals surface area contributed by atoms with Crippen LogP contribution in [0, 0.1) is 0 Å². The first-order valence-electron chi connectivity index (χ1n) is 5.47. The Labute approximate surface area is 108 Å². The van der Waals surface area contributed by atoms with Crippen LogP contribution in [0.2, 0.25) is 5.02 Å². The molecule has 3 rings (SSSR count). The van der Waals surface area contributed by atoms with Gasteiger partial charge in [0.25, 0.3) is 0 Å². The third-order valence-corrected chi connectivity index (χ3v) is 2.98. The van der Waals surface area contributed by atoms with E-state index in [4.69, 9.17) is 11.6 Å². The zero-order valence-corrected chi connectivity index (χ0v) is 10.1. The molecule has 0 fully saturated rings. The SMILES string of the molecule is O=Cc1ccc2nc(-c3cccc(Cl)c3)[nH]c2c1. The van der Waals surface area contributed by atoms with Gasteiger partial charge in [-0.3, -0.25) is 4.79 Å². The standard InChI is InChI=1S/C14H9ClN2O/c15-11-3-1-2-10(7-11)14-16-12-5-4-9(8-18)6-13(12)17-14/h1-8H,(H,16,17). The number of benzene rings is 2. The zero-order chi connectivity index (χ0) is 12.5. The van der Waals surface area contributed by atoms with Crippen LogP contribution in [0.15, 0.2) is 42.5 Å². The number of carbonyl (C=O) groups excluding carboxylic acids is 1. The maximum Gasteiger partial charge on any atom is 0.150 e. The largest absolute Gasteiger partial charge is 0.338 e. The van der Waals surface area contributed by atoms with Gasteiger partial charge in [0.1, 0.15) is 12.1 Å². The Balaban J connectivity index is 2.16. The van der Waals surface area contributed by atoms with Crippen LogP contribution in [0.4, 0.5) is 0 Å². The molecule has 0 spiro atoms. The smallest absolute Gasteiger partial charge is 0.150 e. The van der Waals surface area contributed by atoms with E-state index in [1.54, 1.807) is 12.1 Å². The normalized spacial score (nSPS) is 10.7. The second-order valence-corrected chi connectivity index (χ2v) is 4.43. The highest BCUT2D eigenvalue weighted by molar-refractivity contribution is 6.30. The third-order valence-electron chi connectivity index (χ3n) is 2.74. The van der Waals surface area contributed by atoms with Gasteiger partial charge in [-0.1, -0.05) is 23.7 Å². The summed E-state index contributed by atoms with van der Waals surface area (Å²) in [6.45, 7) is 0. The van der Waals surface area contributed by atoms with Gasteiger partial charge in [0.15, 0.2) is 0 Å². The molecular formula is C14H9ClN2O. The average Bonchev–Trinajstić information content (AvgIpc) is 2.81. The van der Waals surface area contributed by atoms with Gasteiger partial charge in [0.05, 0.1) is 11.0 Å². The number of aldehydes is 1. The number of H-pyrrole nitrogens is 1. The fraction of sp³-hybridized carbons (Fsp3) is 0. The number of halogens is 1. The molecule has 1 aromatic heterocycles. The minimum Gasteiger partial charge on any atom is -0.338 e. The van der Waals surface area contributed by atoms with E-state index in [2.05, 4.69) is 9.97 Å². The van der Waals surface area contributed by atoms with Gasteiger partial charge in [-0.2, -0.15) is 0 Å². The van der Waals surface area contributed by atoms with Gasteiger partial charge in [-0.05, 0) is 30.3 Å². The van der Waals surface area contributed by atoms with Crippen LogP contribution in [0.1, 0.15) is 10.4 Å². The van der Waals surface area contributed by atoms with E-state index in [0.29, 0.717) is 10.6 Å². The summed E-state index contributed by atoms with van der Waals surface area (Å²) in [4.78, 5) is 18.4. The summed E-state index contributed by atoms with van der Waals surface area (Å²) in [5.41, 5.74) is 3.22. The fourth-order valence-corrected chi connectivity index (χ4v) is 2.06. The van der Waals surface area contributed by atoms with Gasteiger partial charge in [0, 0.05) is 16.1 Å². The van der Waals surface area contributed by atoms with Crippen molar-refractivity contribution in [3.05, 3.63) is 53.1 Å². The predicted octanol–water partition coefficient (Wildman–Crippen LogP) is 3.70. The van der Waals surface area contributed by atoms with Crippen molar-refractivity contribution >= 4 is 28.9 Å². The molecule has 18 heavy (non-hydrogen) atoms. The highest BCUT2D eigenvalue weighted by Crippen LogP contribution is 2.23. The van der Waals surface area contributed by atoms with Crippen LogP contribution >= 0.6 is 11.6 Å². The number of aromatic amines is 1. The number of hydrogen-bond donors (Lipinski definition) is 1. The summed E-state index contributed by atoms with van der Waals surface area (Å²) in [7, 11) is 0. The average molecular weight is 257 g/mol. The van der Waals surface area contributed by atoms with Gasteiger partial charge in [-0.25, -0.2) is 4.98 Å². The summed E-state index contributed by atoms with van der Waals surface area (Å²) < 4.78 is 0. The first-order chi connectivity index (χ1) is 8.76. The number of rotatable bonds is 2. The maximum atomic E-state index is 10.7. The number of aromatic nitrogens is 2. The van der Waals surface area contributed by atoms with Gasteiger partial charge < -0.3 is 4.98 Å². The van der Waals surface area contributed by atoms with Gasteiger partial charge in [0.2, 0.25) is 0 Å². The molecule has 2 aromatic carbocycles. The minimum absolute atomic E-state index is 0.629. The van der Waals surface area contributed by atoms with E-state index >= 15 is 0 Å². The van der Waals surface area contributed by atoms with Crippen LogP contribution < -0.4 is 0 Å². The molecule has 3 nitrogen and oxygen atoms in total. The molecule has 0 aliphatic heterocycles. The third kappa shape index (κ3) is 1.89. The van der Waals surface area contributed by atoms with Crippen molar-refractivity contribution < 1.29 is 4.79 Å². The highest BCUT2D eigenvalue weighted by atomic mass is 35.5. The van der Waals surface area contributed by atoms with Gasteiger partial charge in [-0.15, -0.1) is 0 Å². The highest BCUT2D eigenvalue weighted by Gasteiger charge is 2.06. The van der Waals surface area contributed by atoms with Crippen molar-refractivity contribution in [2.45, 2.75) is 0 Å². The van der Waals surface area contributed by atoms with Gasteiger partial charge >= 0.3 is 0 Å². The lowest BCUT2D eigenvalue weighted by atomic mass is 10.2. The quantitative estimate of drug-likeness (QED) is 0.711. The van der Waals surface area contributed by atoms with Crippen molar-refractivity contribution in [2.75, 3.05) is 0 Å². The zero-order valence-electron chi connectivity index (χ0n) is 9.35. The lowest BCUT2D eigenvalue weighted by Crippen LogP contribution is -1.79. The van der Waals surface area contributed by atoms with Crippen molar-refractivity contribution in [3.8, 4) is 11.4 Å². The molecule has 1 heterocycles. The molecule has 3 aromatic rings. The van der Waals surface area contributed by atoms with Crippen molar-refractivity contribution in [3.63, 3.8) is 0 Å². The molecule has 88 valence electrons. The monoisotopic (exact) mass is 256 g/mol. The topological polar surface area (TPSA) is 45.8 Å². The van der Waals surface area contributed by atoms with E-state index in [-0.39, 0.29) is 0 Å². The van der Waals surface area contributed by atoms with Crippen LogP contribution in [0.25, 0.3) is 22.4 Å². The Kier molecular flexibility index (Phi) is 2.61. The van der Waals surface area contributed by atoms with Crippen molar-refractivity contribution in [1.82, 2.24) is 9.97 Å². The van der Waals surface area contributed by atoms with Crippen LogP contribution in [0.5, 0.6) is 0 Å². The summed E-state index contributed by atoms with van der Waals surface area (Å²) >= 11 is 5.95. The maximum absolute atomic E-state index is 10.7. The first kappa shape index (κ1) is 11.0. The Morgan fingerprint density at radius 2 is 2.06 bits per heavy atom. The predicted molar refractivity (Wildman–Crippen MR) is 71.9 cm³/mol. The molecule has 0 aliphatic rings. The summed E-state index contributed by atoms with van der Waals surface area (Å²) in [5, 5.41) is 0.668. The molecule has 0 bridgehead atoms. The molecule has 0 amide bonds. The summed E-state index contributed by atoms with van der Waals surface area (Å²) in [5.74, 6) is 0.746. The van der Waals surface area contributed by atoms with Crippen LogP contribution in [-0.2, 0) is 0 Å². The Morgan fingerprint density at radius 1 is 1.17 bits per heavy atom. The number of nitrogens with one attached hydrogen (secondary N) is 1. The van der Waals surface area contributed by atoms with E-state index in [9.17, 15) is 4.79 Å². The lowest BCUT2D eigenvalue weighted by Gasteiger charge is -1.96. The fourth-order valence-electron chi connectivity index (χ4n) is 1.87. The van der Waals surface area contributed by atoms with Crippen molar-refractivity contribution in [1.29, 1.82) is 0 Å². The van der Waals surface area contributed by atoms with E-state index in [0.717, 1.165) is 28.7 Å². The molecule has 0 saturated carbocycles. The minimum atomic E-state index is 0.629. The summed E-state index contributed by atoms with van der Waals surface area (Å²) in [6, 6.07) is 12.8. The van der Waals surface area contributed by atoms with E-state index in [1.165, 1.54) is 0 Å². The molecule has 1 N–H and O–H groups in total. The van der Waals surface area contributed by atoms with Crippen molar-refractivity contribution in [2.24, 2.45) is 0 Å². The molecule has 0 unspecified atom stereocenters. The molecule has 0 aliphatic carbocycles. The number of imidazole rings is 1. The van der Waals surface area contributed by atoms with E-state index in [1.807, 2.05) is 30.3 Å². The first-order valence-corrected chi connectivity index (χ1v) is 5.85. The number of nitrogens with zero attached hydrogens (tertiary/aromatic N) is 1. The van der Waals surface area contributed by atoms with Crippen LogP contribution in [0.3, 0.4) is 0 Å². The molecule has 4 heteroatoms. The Hall–Kier alpha value is -2.13. The Bertz CT molecular complexity index is 733. The molecule has 0 saturated heterocycles.